The quantitative estimate of drug-likeness (QED) is 0.139. The molecular weight excluding hydrogens is 600 g/mol. The number of rotatable bonds is 13. The molecule has 44 heavy (non-hydrogen) atoms. The largest absolute Gasteiger partial charge is 0.481 e. The zero-order chi connectivity index (χ0) is 32.8. The summed E-state index contributed by atoms with van der Waals surface area (Å²) in [5, 5.41) is 29.3. The van der Waals surface area contributed by atoms with Crippen molar-refractivity contribution in [2.75, 3.05) is 33.3 Å². The zero-order valence-corrected chi connectivity index (χ0v) is 25.8. The number of carbonyl (C=O) groups excluding carboxylic acids is 3. The Morgan fingerprint density at radius 1 is 1.14 bits per heavy atom. The molecule has 1 saturated carbocycles. The first-order valence-corrected chi connectivity index (χ1v) is 15.8. The standard InChI is InChI=1S/C27H40N6O10S/c1-4-33(24(40)32(3)19-9-8-16-28-17-19)44(41,42)27(21(36)30-25(14-15-25)13-10-20(34)35)12-7-6-11-26(27,22(37)38)18-29-31-23(39)43-5-2/h6-7,11-12,18-19,28H,4-5,8-10,13-17H2,1-3H3,(H,30,36)(H,31,39)(H,34,35)(H,37,38)/t19?,26?,27-/m1/s1. The molecule has 0 spiro atoms. The maximum absolute atomic E-state index is 14.8. The summed E-state index contributed by atoms with van der Waals surface area (Å²) in [7, 11) is -3.84. The monoisotopic (exact) mass is 640 g/mol. The Morgan fingerprint density at radius 3 is 2.36 bits per heavy atom. The number of urea groups is 1. The van der Waals surface area contributed by atoms with E-state index in [0.29, 0.717) is 36.3 Å². The van der Waals surface area contributed by atoms with Gasteiger partial charge >= 0.3 is 24.1 Å². The Hall–Kier alpha value is -3.99. The first-order valence-electron chi connectivity index (χ1n) is 14.3. The molecule has 17 heteroatoms. The summed E-state index contributed by atoms with van der Waals surface area (Å²) < 4.78 is 31.7. The number of hydrogen-bond acceptors (Lipinski definition) is 10. The van der Waals surface area contributed by atoms with Crippen LogP contribution in [0.15, 0.2) is 29.4 Å². The van der Waals surface area contributed by atoms with Crippen LogP contribution in [0.4, 0.5) is 9.59 Å². The van der Waals surface area contributed by atoms with Crippen molar-refractivity contribution in [1.82, 2.24) is 25.3 Å². The second kappa shape index (κ2) is 13.8. The average molecular weight is 641 g/mol. The van der Waals surface area contributed by atoms with Crippen LogP contribution in [0.5, 0.6) is 0 Å². The molecule has 5 N–H and O–H groups in total. The molecule has 0 aromatic rings. The van der Waals surface area contributed by atoms with E-state index in [4.69, 9.17) is 4.74 Å². The van der Waals surface area contributed by atoms with Crippen LogP contribution in [-0.4, -0.2) is 114 Å². The number of ether oxygens (including phenoxy) is 1. The van der Waals surface area contributed by atoms with Gasteiger partial charge in [0.1, 0.15) is 0 Å². The van der Waals surface area contributed by atoms with Crippen LogP contribution in [0.3, 0.4) is 0 Å². The molecule has 3 rings (SSSR count). The summed E-state index contributed by atoms with van der Waals surface area (Å²) in [5.41, 5.74) is -1.92. The van der Waals surface area contributed by atoms with Crippen molar-refractivity contribution in [3.8, 4) is 0 Å². The summed E-state index contributed by atoms with van der Waals surface area (Å²) in [6.07, 6.45) is 5.38. The molecule has 0 aromatic heterocycles. The van der Waals surface area contributed by atoms with Gasteiger partial charge in [0.15, 0.2) is 5.41 Å². The second-order valence-electron chi connectivity index (χ2n) is 10.9. The first kappa shape index (κ1) is 34.5. The van der Waals surface area contributed by atoms with Crippen LogP contribution in [0, 0.1) is 5.41 Å². The van der Waals surface area contributed by atoms with E-state index in [1.54, 1.807) is 0 Å². The Morgan fingerprint density at radius 2 is 1.82 bits per heavy atom. The summed E-state index contributed by atoms with van der Waals surface area (Å²) in [6, 6.07) is -1.33. The van der Waals surface area contributed by atoms with E-state index in [0.717, 1.165) is 25.1 Å². The van der Waals surface area contributed by atoms with E-state index in [-0.39, 0.29) is 25.5 Å². The van der Waals surface area contributed by atoms with Crippen LogP contribution >= 0.6 is 0 Å². The Balaban J connectivity index is 2.19. The smallest absolute Gasteiger partial charge is 0.427 e. The number of aliphatic carboxylic acids is 2. The van der Waals surface area contributed by atoms with E-state index < -0.39 is 62.2 Å². The van der Waals surface area contributed by atoms with Crippen molar-refractivity contribution in [2.24, 2.45) is 10.5 Å². The number of likely N-dealkylation sites (N-methyl/N-ethyl adjacent to an activating group) is 1. The van der Waals surface area contributed by atoms with E-state index in [1.165, 1.54) is 37.9 Å². The third-order valence-electron chi connectivity index (χ3n) is 8.17. The highest BCUT2D eigenvalue weighted by molar-refractivity contribution is 7.92. The average Bonchev–Trinajstić information content (AvgIpc) is 3.75. The predicted octanol–water partition coefficient (Wildman–Crippen LogP) is 0.623. The Bertz CT molecular complexity index is 1340. The molecule has 2 aliphatic carbocycles. The van der Waals surface area contributed by atoms with Crippen molar-refractivity contribution in [3.63, 3.8) is 0 Å². The van der Waals surface area contributed by atoms with Gasteiger partial charge in [-0.3, -0.25) is 14.4 Å². The van der Waals surface area contributed by atoms with E-state index in [1.807, 2.05) is 5.43 Å². The normalized spacial score (nSPS) is 25.6. The van der Waals surface area contributed by atoms with Crippen molar-refractivity contribution < 1.29 is 47.3 Å². The van der Waals surface area contributed by atoms with Crippen molar-refractivity contribution in [3.05, 3.63) is 24.3 Å². The van der Waals surface area contributed by atoms with Gasteiger partial charge in [0.05, 0.1) is 6.61 Å². The van der Waals surface area contributed by atoms with Crippen LogP contribution < -0.4 is 16.1 Å². The minimum Gasteiger partial charge on any atom is -0.481 e. The predicted molar refractivity (Wildman–Crippen MR) is 157 cm³/mol. The lowest BCUT2D eigenvalue weighted by molar-refractivity contribution is -0.146. The van der Waals surface area contributed by atoms with Gasteiger partial charge < -0.3 is 30.5 Å². The number of piperidine rings is 1. The fraction of sp³-hybridized carbons (Fsp3) is 0.630. The number of nitrogens with one attached hydrogen (secondary N) is 3. The van der Waals surface area contributed by atoms with Crippen molar-refractivity contribution in [2.45, 2.75) is 68.7 Å². The number of carbonyl (C=O) groups is 5. The molecular formula is C27H40N6O10S. The fourth-order valence-corrected chi connectivity index (χ4v) is 7.65. The number of allylic oxidation sites excluding steroid dienone is 2. The molecule has 1 saturated heterocycles. The number of amides is 4. The Kier molecular flexibility index (Phi) is 10.8. The molecule has 0 radical (unpaired) electrons. The summed E-state index contributed by atoms with van der Waals surface area (Å²) >= 11 is 0. The lowest BCUT2D eigenvalue weighted by atomic mass is 9.72. The van der Waals surface area contributed by atoms with Gasteiger partial charge in [-0.1, -0.05) is 24.3 Å². The molecule has 1 heterocycles. The second-order valence-corrected chi connectivity index (χ2v) is 12.9. The molecule has 0 bridgehead atoms. The lowest BCUT2D eigenvalue weighted by Crippen LogP contribution is -2.70. The highest BCUT2D eigenvalue weighted by Crippen LogP contribution is 2.47. The van der Waals surface area contributed by atoms with Crippen LogP contribution in [0.2, 0.25) is 0 Å². The number of carboxylic acid groups (broad SMARTS) is 2. The van der Waals surface area contributed by atoms with Gasteiger partial charge in [0, 0.05) is 44.4 Å². The van der Waals surface area contributed by atoms with Crippen LogP contribution in [0.25, 0.3) is 0 Å². The summed E-state index contributed by atoms with van der Waals surface area (Å²) in [4.78, 5) is 65.8. The molecule has 0 aromatic carbocycles. The molecule has 16 nitrogen and oxygen atoms in total. The van der Waals surface area contributed by atoms with Gasteiger partial charge in [0.25, 0.3) is 10.0 Å². The topological polar surface area (TPSA) is 224 Å². The van der Waals surface area contributed by atoms with Gasteiger partial charge in [-0.05, 0) is 52.5 Å². The minimum atomic E-state index is -5.27. The van der Waals surface area contributed by atoms with Crippen molar-refractivity contribution >= 4 is 46.2 Å². The van der Waals surface area contributed by atoms with Gasteiger partial charge in [-0.15, -0.1) is 0 Å². The van der Waals surface area contributed by atoms with Crippen molar-refractivity contribution in [1.29, 1.82) is 0 Å². The Labute approximate surface area is 255 Å². The maximum Gasteiger partial charge on any atom is 0.427 e. The molecule has 4 amide bonds. The van der Waals surface area contributed by atoms with Gasteiger partial charge in [0.2, 0.25) is 10.7 Å². The molecule has 244 valence electrons. The van der Waals surface area contributed by atoms with Gasteiger partial charge in [-0.25, -0.2) is 27.7 Å². The highest BCUT2D eigenvalue weighted by atomic mass is 32.2. The first-order chi connectivity index (χ1) is 20.7. The zero-order valence-electron chi connectivity index (χ0n) is 24.9. The van der Waals surface area contributed by atoms with E-state index >= 15 is 0 Å². The molecule has 1 aliphatic heterocycles. The number of hydrogen-bond donors (Lipinski definition) is 5. The molecule has 2 unspecified atom stereocenters. The number of nitrogens with zero attached hydrogens (tertiary/aromatic N) is 3. The number of hydrazone groups is 1. The highest BCUT2D eigenvalue weighted by Gasteiger charge is 2.70. The lowest BCUT2D eigenvalue weighted by Gasteiger charge is -2.45. The fourth-order valence-electron chi connectivity index (χ4n) is 5.46. The number of carboxylic acids is 2. The number of sulfonamides is 1. The van der Waals surface area contributed by atoms with E-state index in [9.17, 15) is 42.6 Å². The molecule has 2 fully saturated rings. The van der Waals surface area contributed by atoms with Crippen LogP contribution in [-0.2, 0) is 29.1 Å². The van der Waals surface area contributed by atoms with Gasteiger partial charge in [-0.2, -0.15) is 5.10 Å². The van der Waals surface area contributed by atoms with Crippen LogP contribution in [0.1, 0.15) is 52.4 Å². The third-order valence-corrected chi connectivity index (χ3v) is 10.6. The summed E-state index contributed by atoms with van der Waals surface area (Å²) in [5.74, 6) is -4.25. The minimum absolute atomic E-state index is 0.0316. The summed E-state index contributed by atoms with van der Waals surface area (Å²) in [6.45, 7) is 3.56. The van der Waals surface area contributed by atoms with E-state index in [2.05, 4.69) is 15.7 Å². The third kappa shape index (κ3) is 6.57. The molecule has 3 aliphatic rings. The maximum atomic E-state index is 14.8. The SMILES string of the molecule is CCOC(=O)NN=CC1(C(=O)O)C=CC=C[C@]1(C(=O)NC1(CCC(=O)O)CC1)S(=O)(=O)N(CC)C(=O)N(C)C1CCCNC1. The molecule has 3 atom stereocenters.